The first-order valence-electron chi connectivity index (χ1n) is 39.8. The summed E-state index contributed by atoms with van der Waals surface area (Å²) in [6, 6.07) is 29.0. The highest BCUT2D eigenvalue weighted by molar-refractivity contribution is 6.02. The Morgan fingerprint density at radius 3 is 1.16 bits per heavy atom. The molecule has 4 aliphatic carbocycles. The molecule has 636 valence electrons. The fourth-order valence-electron chi connectivity index (χ4n) is 17.5. The van der Waals surface area contributed by atoms with Crippen LogP contribution < -0.4 is 51.9 Å². The van der Waals surface area contributed by atoms with Gasteiger partial charge in [0, 0.05) is 100 Å². The van der Waals surface area contributed by atoms with Crippen molar-refractivity contribution >= 4 is 47.4 Å². The number of amides is 6. The third-order valence-corrected chi connectivity index (χ3v) is 23.6. The van der Waals surface area contributed by atoms with Gasteiger partial charge in [0.2, 0.25) is 21.7 Å². The fraction of sp³-hybridized carbons (Fsp3) is 0.341. The zero-order valence-corrected chi connectivity index (χ0v) is 66.5. The quantitative estimate of drug-likeness (QED) is 0.0393. The van der Waals surface area contributed by atoms with Gasteiger partial charge in [-0.2, -0.15) is 0 Å². The molecule has 122 heavy (non-hydrogen) atoms. The standard InChI is InChI=1S/C27H24F3N3O4.C21H22N2O5.C20H18F3N3O4.C20H20N2O5/c1-32-21-8-5-9-22(21)33-13-18(26(35)31-12-17-19(29)10-16(28)11-20(17)30)24(34)25(23(33)27(32)36)37-14-15-6-3-2-4-7-15;1-2-27-21(26)14-11-23-16-10-6-9-15(16)22-20(25)17(23)19(18(14)24)28-12-13-7-4-3-5-8-13;1-25-14-3-2-4-15(14)26-8-11(17(27)18(28)16(26)20(25)30)19(29)24-7-10-12(22)5-9(21)6-13(10)23;1-21-14-8-5-9-15(14)22-10-13(20(25)26)17(23)18(16(22)19(21)24)27-11-12-6-3-2-4-7-12/h2-4,6-7,10-11,13,21-22H,5,8-9,12,14H2,1H3,(H,31,35);3-5,7-8,11,15-16H,2,6,9-10,12H2,1H3,(H,22,25);5-6,8,14-15,28H,2-4,7H2,1H3,(H,24,29);2-4,6-7,10,14-15H,5,8-9,11H2,1H3,(H,25,26)/t21-,22+;15-,16+;2*14-,15+/m0000/s1. The van der Waals surface area contributed by atoms with Crippen LogP contribution in [-0.4, -0.2) is 142 Å². The van der Waals surface area contributed by atoms with Gasteiger partial charge in [-0.15, -0.1) is 0 Å². The number of carbonyl (C=O) groups is 8. The van der Waals surface area contributed by atoms with E-state index >= 15 is 0 Å². The number of esters is 1. The summed E-state index contributed by atoms with van der Waals surface area (Å²) in [6.07, 6.45) is 15.3. The molecule has 28 nitrogen and oxygen atoms in total. The molecule has 4 saturated carbocycles. The molecule has 34 heteroatoms. The van der Waals surface area contributed by atoms with Crippen LogP contribution >= 0.6 is 0 Å². The molecule has 4 aliphatic heterocycles. The number of fused-ring (bicyclic) bond motifs is 12. The highest BCUT2D eigenvalue weighted by Crippen LogP contribution is 2.44. The summed E-state index contributed by atoms with van der Waals surface area (Å²) in [7, 11) is 5.02. The van der Waals surface area contributed by atoms with Gasteiger partial charge in [0.1, 0.15) is 77.0 Å². The Morgan fingerprint density at radius 1 is 0.426 bits per heavy atom. The van der Waals surface area contributed by atoms with E-state index in [4.69, 9.17) is 18.9 Å². The smallest absolute Gasteiger partial charge is 0.343 e. The maximum absolute atomic E-state index is 14.1. The number of pyridine rings is 4. The molecule has 9 aromatic rings. The monoisotopic (exact) mass is 1680 g/mol. The number of benzene rings is 5. The van der Waals surface area contributed by atoms with E-state index in [9.17, 15) is 94.1 Å². The summed E-state index contributed by atoms with van der Waals surface area (Å²) in [4.78, 5) is 158. The largest absolute Gasteiger partial charge is 0.503 e. The van der Waals surface area contributed by atoms with E-state index in [1.807, 2.05) is 66.7 Å². The minimum absolute atomic E-state index is 0.000444. The van der Waals surface area contributed by atoms with E-state index in [2.05, 4.69) is 16.0 Å². The summed E-state index contributed by atoms with van der Waals surface area (Å²) < 4.78 is 111. The number of hydrogen-bond donors (Lipinski definition) is 5. The number of likely N-dealkylation sites (N-methyl/N-ethyl adjacent to an activating group) is 3. The number of aromatic hydroxyl groups is 1. The Labute approximate surface area is 691 Å². The van der Waals surface area contributed by atoms with Gasteiger partial charge < -0.3 is 78.1 Å². The first-order valence-corrected chi connectivity index (χ1v) is 39.8. The molecular formula is C88H84F6N10O18. The van der Waals surface area contributed by atoms with E-state index in [1.165, 1.54) is 34.3 Å². The minimum atomic E-state index is -1.32. The van der Waals surface area contributed by atoms with E-state index in [0.29, 0.717) is 30.7 Å². The van der Waals surface area contributed by atoms with E-state index < -0.39 is 122 Å². The number of carboxylic acid groups (broad SMARTS) is 1. The van der Waals surface area contributed by atoms with Gasteiger partial charge in [0.25, 0.3) is 35.4 Å². The lowest BCUT2D eigenvalue weighted by molar-refractivity contribution is 0.0519. The maximum Gasteiger partial charge on any atom is 0.343 e. The molecule has 6 amide bonds. The number of halogens is 6. The lowest BCUT2D eigenvalue weighted by Gasteiger charge is -2.38. The van der Waals surface area contributed by atoms with Crippen molar-refractivity contribution in [2.75, 3.05) is 27.7 Å². The van der Waals surface area contributed by atoms with Crippen LogP contribution in [0.4, 0.5) is 26.3 Å². The van der Waals surface area contributed by atoms with Crippen molar-refractivity contribution in [3.63, 3.8) is 0 Å². The second-order valence-electron chi connectivity index (χ2n) is 30.8. The Bertz CT molecular complexity index is 5880. The summed E-state index contributed by atoms with van der Waals surface area (Å²) in [5, 5.41) is 27.4. The lowest BCUT2D eigenvalue weighted by atomic mass is 10.0. The lowest BCUT2D eigenvalue weighted by Crippen LogP contribution is -2.48. The third-order valence-electron chi connectivity index (χ3n) is 23.6. The molecule has 0 radical (unpaired) electrons. The predicted molar refractivity (Wildman–Crippen MR) is 425 cm³/mol. The van der Waals surface area contributed by atoms with Crippen LogP contribution in [0.5, 0.6) is 23.0 Å². The van der Waals surface area contributed by atoms with Crippen LogP contribution in [0.15, 0.2) is 159 Å². The molecule has 5 N–H and O–H groups in total. The number of carboxylic acids is 1. The van der Waals surface area contributed by atoms with Crippen molar-refractivity contribution in [2.45, 2.75) is 165 Å². The van der Waals surface area contributed by atoms with E-state index in [0.717, 1.165) is 87.3 Å². The number of aromatic carboxylic acids is 1. The second-order valence-corrected chi connectivity index (χ2v) is 30.8. The normalized spacial score (nSPS) is 19.8. The summed E-state index contributed by atoms with van der Waals surface area (Å²) in [6.45, 7) is 0.797. The zero-order valence-electron chi connectivity index (χ0n) is 66.5. The van der Waals surface area contributed by atoms with Crippen molar-refractivity contribution in [1.29, 1.82) is 0 Å². The van der Waals surface area contributed by atoms with Crippen LogP contribution in [-0.2, 0) is 37.6 Å². The predicted octanol–water partition coefficient (Wildman–Crippen LogP) is 10.8. The number of nitrogens with one attached hydrogen (secondary N) is 3. The summed E-state index contributed by atoms with van der Waals surface area (Å²) in [5.41, 5.74) is -2.96. The average molecular weight is 1680 g/mol. The summed E-state index contributed by atoms with van der Waals surface area (Å²) >= 11 is 0. The van der Waals surface area contributed by atoms with Crippen LogP contribution in [0.25, 0.3) is 0 Å². The van der Waals surface area contributed by atoms with Crippen LogP contribution in [0.1, 0.15) is 219 Å². The highest BCUT2D eigenvalue weighted by Gasteiger charge is 2.47. The molecule has 8 heterocycles. The molecule has 0 unspecified atom stereocenters. The molecule has 0 bridgehead atoms. The topological polar surface area (TPSA) is 348 Å². The molecule has 8 aliphatic rings. The Kier molecular flexibility index (Phi) is 24.9. The van der Waals surface area contributed by atoms with Gasteiger partial charge >= 0.3 is 11.9 Å². The molecule has 0 saturated heterocycles. The number of nitrogens with zero attached hydrogens (tertiary/aromatic N) is 7. The average Bonchev–Trinajstić information content (AvgIpc) is 1.41. The maximum atomic E-state index is 14.1. The number of rotatable bonds is 18. The van der Waals surface area contributed by atoms with Crippen molar-refractivity contribution in [2.24, 2.45) is 0 Å². The van der Waals surface area contributed by atoms with Gasteiger partial charge in [-0.1, -0.05) is 91.0 Å². The second kappa shape index (κ2) is 35.8. The van der Waals surface area contributed by atoms with Crippen LogP contribution in [0, 0.1) is 34.9 Å². The minimum Gasteiger partial charge on any atom is -0.503 e. The SMILES string of the molecule is CCOC(=O)c1cn2c(c(OCc3ccccc3)c1=O)C(=O)N[C@H]1CCC[C@H]12.CN1C(=O)c2c(O)c(=O)c(C(=O)NCc3c(F)cc(F)cc3F)cn2[C@@H]2CCC[C@@H]21.CN1C(=O)c2c(OCc3ccccc3)c(=O)c(C(=O)NCc3c(F)cc(F)cc3F)cn2[C@@H]2CCC[C@@H]21.CN1C(=O)c2c(OCc3ccccc3)c(=O)c(C(=O)O)cn2[C@@H]2CCC[C@@H]21. The number of hydrogen-bond acceptors (Lipinski definition) is 17. The van der Waals surface area contributed by atoms with Gasteiger partial charge in [0.05, 0.1) is 48.9 Å². The first kappa shape index (κ1) is 84.9. The van der Waals surface area contributed by atoms with Gasteiger partial charge in [-0.3, -0.25) is 47.9 Å². The third kappa shape index (κ3) is 16.7. The Hall–Kier alpha value is -13.6. The van der Waals surface area contributed by atoms with Gasteiger partial charge in [-0.25, -0.2) is 35.9 Å². The number of carbonyl (C=O) groups excluding carboxylic acids is 7. The molecular weight excluding hydrogens is 1600 g/mol. The van der Waals surface area contributed by atoms with Gasteiger partial charge in [-0.05, 0) is 101 Å². The van der Waals surface area contributed by atoms with Crippen molar-refractivity contribution in [3.05, 3.63) is 289 Å². The molecule has 4 fully saturated rings. The van der Waals surface area contributed by atoms with E-state index in [-0.39, 0.29) is 149 Å². The Balaban J connectivity index is 0.000000134. The molecule has 8 atom stereocenters. The first-order chi connectivity index (χ1) is 58.5. The Morgan fingerprint density at radius 2 is 0.754 bits per heavy atom. The fourth-order valence-corrected chi connectivity index (χ4v) is 17.5. The highest BCUT2D eigenvalue weighted by atomic mass is 19.2. The van der Waals surface area contributed by atoms with Crippen molar-refractivity contribution in [1.82, 2.24) is 48.9 Å². The van der Waals surface area contributed by atoms with Gasteiger partial charge in [0.15, 0.2) is 45.8 Å². The molecule has 4 aromatic heterocycles. The molecule has 0 spiro atoms. The van der Waals surface area contributed by atoms with Crippen molar-refractivity contribution in [3.8, 4) is 23.0 Å². The van der Waals surface area contributed by atoms with Crippen molar-refractivity contribution < 1.29 is 93.9 Å². The molecule has 17 rings (SSSR count). The number of ether oxygens (including phenoxy) is 4. The van der Waals surface area contributed by atoms with Crippen LogP contribution in [0.2, 0.25) is 0 Å². The molecule has 5 aromatic carbocycles. The van der Waals surface area contributed by atoms with Crippen LogP contribution in [0.3, 0.4) is 0 Å². The summed E-state index contributed by atoms with van der Waals surface area (Å²) in [5.74, 6) is -13.7. The number of aromatic nitrogens is 4. The van der Waals surface area contributed by atoms with E-state index in [1.54, 1.807) is 75.8 Å². The zero-order chi connectivity index (χ0) is 86.8.